The van der Waals surface area contributed by atoms with E-state index in [4.69, 9.17) is 12.3 Å². The van der Waals surface area contributed by atoms with Gasteiger partial charge in [0.05, 0.1) is 0 Å². The molecule has 0 aromatic carbocycles. The van der Waals surface area contributed by atoms with Crippen molar-refractivity contribution in [3.8, 4) is 0 Å². The summed E-state index contributed by atoms with van der Waals surface area (Å²) in [6.07, 6.45) is 56.0. The van der Waals surface area contributed by atoms with Gasteiger partial charge in [0.2, 0.25) is 0 Å². The van der Waals surface area contributed by atoms with Crippen LogP contribution in [0.15, 0.2) is 0 Å². The van der Waals surface area contributed by atoms with Crippen molar-refractivity contribution in [3.05, 3.63) is 0 Å². The summed E-state index contributed by atoms with van der Waals surface area (Å²) >= 11 is -6.24. The van der Waals surface area contributed by atoms with E-state index in [9.17, 15) is 0 Å². The van der Waals surface area contributed by atoms with Crippen LogP contribution in [0.1, 0.15) is 285 Å². The van der Waals surface area contributed by atoms with Gasteiger partial charge >= 0.3 is 385 Å². The predicted molar refractivity (Wildman–Crippen MR) is 264 cm³/mol. The van der Waals surface area contributed by atoms with Gasteiger partial charge in [-0.25, -0.2) is 0 Å². The summed E-state index contributed by atoms with van der Waals surface area (Å²) in [4.78, 5) is 0. The third kappa shape index (κ3) is 29.6. The molecule has 2 rings (SSSR count). The van der Waals surface area contributed by atoms with E-state index in [1.165, 1.54) is 275 Å². The zero-order valence-corrected chi connectivity index (χ0v) is 46.8. The molecule has 352 valence electrons. The predicted octanol–water partition coefficient (Wildman–Crippen LogP) is 18.6. The molecule has 0 N–H and O–H groups in total. The van der Waals surface area contributed by atoms with Gasteiger partial charge in [-0.05, 0) is 0 Å². The summed E-state index contributed by atoms with van der Waals surface area (Å²) in [5, 5.41) is 0. The van der Waals surface area contributed by atoms with Crippen LogP contribution in [0, 0.1) is 5.41 Å². The molecule has 0 amide bonds. The minimum absolute atomic E-state index is 0.0635. The standard InChI is InChI=1S/4C12H25.C5H8O4.2Sn/c4*1-3-5-7-9-11-12-10-8-6-4-2;6-1-5(2-7,3-8)4-9;;/h4*1,3-12H2,2H3;1-4H2;;/q;;;;-4;2*+2. The van der Waals surface area contributed by atoms with E-state index in [0.717, 1.165) is 26.4 Å². The molecular weight excluding hydrogens is 938 g/mol. The summed E-state index contributed by atoms with van der Waals surface area (Å²) in [5.74, 6) is 0. The summed E-state index contributed by atoms with van der Waals surface area (Å²) in [6.45, 7) is 12.6. The van der Waals surface area contributed by atoms with Crippen molar-refractivity contribution in [1.82, 2.24) is 0 Å². The van der Waals surface area contributed by atoms with E-state index in [1.54, 1.807) is 0 Å². The summed E-state index contributed by atoms with van der Waals surface area (Å²) < 4.78 is 33.8. The second-order valence-corrected chi connectivity index (χ2v) is 39.6. The Bertz CT molecular complexity index is 744. The van der Waals surface area contributed by atoms with Gasteiger partial charge in [0.25, 0.3) is 0 Å². The monoisotopic (exact) mass is 1050 g/mol. The van der Waals surface area contributed by atoms with E-state index in [1.807, 2.05) is 0 Å². The van der Waals surface area contributed by atoms with Crippen molar-refractivity contribution in [1.29, 1.82) is 0 Å². The summed E-state index contributed by atoms with van der Waals surface area (Å²) in [5.41, 5.74) is -0.0635. The van der Waals surface area contributed by atoms with Crippen LogP contribution in [0.5, 0.6) is 0 Å². The Kier molecular flexibility index (Phi) is 38.1. The van der Waals surface area contributed by atoms with Gasteiger partial charge in [-0.15, -0.1) is 0 Å². The molecule has 4 nitrogen and oxygen atoms in total. The minimum atomic E-state index is -3.12. The van der Waals surface area contributed by atoms with Gasteiger partial charge in [-0.1, -0.05) is 0 Å². The van der Waals surface area contributed by atoms with Crippen molar-refractivity contribution in [2.45, 2.75) is 302 Å². The molecule has 0 aromatic rings. The normalized spacial score (nSPS) is 17.3. The molecule has 0 radical (unpaired) electrons. The van der Waals surface area contributed by atoms with Gasteiger partial charge in [-0.2, -0.15) is 0 Å². The zero-order valence-electron chi connectivity index (χ0n) is 41.1. The first kappa shape index (κ1) is 56.6. The van der Waals surface area contributed by atoms with Gasteiger partial charge in [0.15, 0.2) is 0 Å². The third-order valence-electron chi connectivity index (χ3n) is 14.2. The zero-order chi connectivity index (χ0) is 42.3. The summed E-state index contributed by atoms with van der Waals surface area (Å²) in [6, 6.07) is 0. The first-order valence-electron chi connectivity index (χ1n) is 27.6. The van der Waals surface area contributed by atoms with Crippen molar-refractivity contribution < 1.29 is 12.3 Å². The average molecular weight is 1050 g/mol. The van der Waals surface area contributed by atoms with Crippen LogP contribution in [-0.4, -0.2) is 64.8 Å². The third-order valence-corrected chi connectivity index (χ3v) is 34.6. The topological polar surface area (TPSA) is 36.9 Å². The van der Waals surface area contributed by atoms with Gasteiger partial charge < -0.3 is 0 Å². The van der Waals surface area contributed by atoms with Crippen LogP contribution in [0.25, 0.3) is 0 Å². The first-order chi connectivity index (χ1) is 29.1. The van der Waals surface area contributed by atoms with Crippen molar-refractivity contribution in [2.24, 2.45) is 5.41 Å². The Labute approximate surface area is 382 Å². The molecule has 0 aromatic heterocycles. The SMILES string of the molecule is CCCCCCCCCCC[CH2][Sn]1([CH2]CCCCCCCCCCC)[O]CC2(C[O]1)C[O][Sn]([CH2]CCCCCCCCCCC)([CH2]CCCCCCCCCCC)[O]C2. The first-order valence-corrected chi connectivity index (χ1v) is 40.4. The molecular formula is C53H108O4Sn2. The fourth-order valence-electron chi connectivity index (χ4n) is 9.83. The molecule has 0 saturated carbocycles. The molecule has 0 unspecified atom stereocenters. The summed E-state index contributed by atoms with van der Waals surface area (Å²) in [7, 11) is 0. The second-order valence-electron chi connectivity index (χ2n) is 20.2. The molecule has 0 bridgehead atoms. The van der Waals surface area contributed by atoms with Crippen LogP contribution < -0.4 is 0 Å². The number of hydrogen-bond donors (Lipinski definition) is 0. The van der Waals surface area contributed by atoms with E-state index in [-0.39, 0.29) is 5.41 Å². The Morgan fingerprint density at radius 1 is 0.237 bits per heavy atom. The van der Waals surface area contributed by atoms with Crippen molar-refractivity contribution in [2.75, 3.05) is 26.4 Å². The molecule has 2 heterocycles. The van der Waals surface area contributed by atoms with E-state index in [0.29, 0.717) is 0 Å². The van der Waals surface area contributed by atoms with Crippen LogP contribution in [-0.2, 0) is 12.3 Å². The molecule has 2 aliphatic rings. The molecule has 6 heteroatoms. The van der Waals surface area contributed by atoms with Crippen LogP contribution in [0.2, 0.25) is 17.7 Å². The molecule has 0 atom stereocenters. The van der Waals surface area contributed by atoms with Crippen LogP contribution >= 0.6 is 0 Å². The molecule has 2 fully saturated rings. The molecule has 2 saturated heterocycles. The van der Waals surface area contributed by atoms with Crippen molar-refractivity contribution >= 4 is 38.4 Å². The number of hydrogen-bond acceptors (Lipinski definition) is 4. The van der Waals surface area contributed by atoms with Gasteiger partial charge in [-0.3, -0.25) is 0 Å². The Balaban J connectivity index is 1.86. The fraction of sp³-hybridized carbons (Fsp3) is 1.00. The molecule has 59 heavy (non-hydrogen) atoms. The van der Waals surface area contributed by atoms with E-state index < -0.39 is 38.4 Å². The Morgan fingerprint density at radius 3 is 0.559 bits per heavy atom. The average Bonchev–Trinajstić information content (AvgIpc) is 3.25. The van der Waals surface area contributed by atoms with Gasteiger partial charge in [0.1, 0.15) is 0 Å². The fourth-order valence-corrected chi connectivity index (χ4v) is 30.5. The molecule has 1 spiro atoms. The van der Waals surface area contributed by atoms with Crippen LogP contribution in [0.4, 0.5) is 0 Å². The Hall–Kier alpha value is 1.44. The Morgan fingerprint density at radius 2 is 0.390 bits per heavy atom. The van der Waals surface area contributed by atoms with Gasteiger partial charge in [0, 0.05) is 0 Å². The van der Waals surface area contributed by atoms with E-state index in [2.05, 4.69) is 27.7 Å². The molecule has 2 aliphatic heterocycles. The van der Waals surface area contributed by atoms with Crippen molar-refractivity contribution in [3.63, 3.8) is 0 Å². The maximum atomic E-state index is 7.18. The van der Waals surface area contributed by atoms with Crippen LogP contribution in [0.3, 0.4) is 0 Å². The number of unbranched alkanes of at least 4 members (excludes halogenated alkanes) is 36. The number of rotatable bonds is 44. The molecule has 0 aliphatic carbocycles. The quantitative estimate of drug-likeness (QED) is 0.0450. The van der Waals surface area contributed by atoms with E-state index >= 15 is 0 Å². The second kappa shape index (κ2) is 39.8. The maximum absolute atomic E-state index is 7.18.